The van der Waals surface area contributed by atoms with E-state index >= 15 is 0 Å². The van der Waals surface area contributed by atoms with Crippen LogP contribution in [-0.4, -0.2) is 6.54 Å². The highest BCUT2D eigenvalue weighted by Gasteiger charge is 2.11. The van der Waals surface area contributed by atoms with E-state index < -0.39 is 0 Å². The molecule has 3 heteroatoms. The minimum atomic E-state index is -0.363. The quantitative estimate of drug-likeness (QED) is 0.820. The van der Waals surface area contributed by atoms with Crippen LogP contribution in [0.25, 0.3) is 0 Å². The fourth-order valence-electron chi connectivity index (χ4n) is 1.20. The van der Waals surface area contributed by atoms with Crippen molar-refractivity contribution in [1.82, 2.24) is 5.32 Å². The van der Waals surface area contributed by atoms with Crippen molar-refractivity contribution in [1.29, 1.82) is 0 Å². The monoisotopic (exact) mass is 255 g/mol. The van der Waals surface area contributed by atoms with Gasteiger partial charge < -0.3 is 5.32 Å². The molecule has 14 heavy (non-hydrogen) atoms. The van der Waals surface area contributed by atoms with Crippen LogP contribution in [0, 0.1) is 18.2 Å². The normalized spacial score (nSPS) is 12.1. The van der Waals surface area contributed by atoms with Crippen LogP contribution in [0.3, 0.4) is 0 Å². The minimum Gasteiger partial charge on any atom is -0.300 e. The maximum atomic E-state index is 13.4. The summed E-state index contributed by atoms with van der Waals surface area (Å²) in [5.41, 5.74) is 0.503. The summed E-state index contributed by atoms with van der Waals surface area (Å²) in [5.74, 6) is 2.23. The van der Waals surface area contributed by atoms with Crippen LogP contribution in [0.5, 0.6) is 0 Å². The third-order valence-electron chi connectivity index (χ3n) is 1.84. The van der Waals surface area contributed by atoms with Gasteiger partial charge in [0.2, 0.25) is 0 Å². The Kier molecular flexibility index (Phi) is 4.12. The fourth-order valence-corrected chi connectivity index (χ4v) is 1.58. The van der Waals surface area contributed by atoms with E-state index in [2.05, 4.69) is 27.2 Å². The molecule has 0 saturated heterocycles. The van der Waals surface area contributed by atoms with Crippen LogP contribution in [0.1, 0.15) is 18.5 Å². The molecule has 0 spiro atoms. The van der Waals surface area contributed by atoms with E-state index in [9.17, 15) is 4.39 Å². The third-order valence-corrected chi connectivity index (χ3v) is 2.34. The van der Waals surface area contributed by atoms with Gasteiger partial charge in [0.05, 0.1) is 6.04 Å². The van der Waals surface area contributed by atoms with Gasteiger partial charge in [0.1, 0.15) is 5.82 Å². The maximum Gasteiger partial charge on any atom is 0.129 e. The molecule has 0 radical (unpaired) electrons. The Bertz CT molecular complexity index is 357. The average molecular weight is 256 g/mol. The van der Waals surface area contributed by atoms with Gasteiger partial charge in [0.25, 0.3) is 0 Å². The van der Waals surface area contributed by atoms with Crippen LogP contribution >= 0.6 is 15.9 Å². The highest BCUT2D eigenvalue weighted by Crippen LogP contribution is 2.21. The molecule has 1 nitrogen and oxygen atoms in total. The molecule has 74 valence electrons. The van der Waals surface area contributed by atoms with Crippen molar-refractivity contribution in [3.63, 3.8) is 0 Å². The molecule has 0 amide bonds. The lowest BCUT2D eigenvalue weighted by Gasteiger charge is -2.12. The van der Waals surface area contributed by atoms with Gasteiger partial charge in [-0.25, -0.2) is 4.39 Å². The number of terminal acetylenes is 1. The van der Waals surface area contributed by atoms with Crippen LogP contribution in [-0.2, 0) is 0 Å². The Morgan fingerprint density at radius 2 is 2.36 bits per heavy atom. The lowest BCUT2D eigenvalue weighted by Crippen LogP contribution is -2.20. The topological polar surface area (TPSA) is 12.0 Å². The lowest BCUT2D eigenvalue weighted by atomic mass is 10.1. The Morgan fingerprint density at radius 3 is 2.93 bits per heavy atom. The molecule has 0 heterocycles. The van der Waals surface area contributed by atoms with Gasteiger partial charge in [-0.05, 0) is 24.7 Å². The van der Waals surface area contributed by atoms with E-state index in [1.54, 1.807) is 12.1 Å². The van der Waals surface area contributed by atoms with Crippen molar-refractivity contribution in [3.8, 4) is 12.3 Å². The van der Waals surface area contributed by atoms with E-state index in [0.717, 1.165) is 4.47 Å². The summed E-state index contributed by atoms with van der Waals surface area (Å²) in [6, 6.07) is 4.39. The summed E-state index contributed by atoms with van der Waals surface area (Å²) < 4.78 is 14.2. The molecular weight excluding hydrogens is 245 g/mol. The van der Waals surface area contributed by atoms with E-state index in [-0.39, 0.29) is 11.9 Å². The van der Waals surface area contributed by atoms with Gasteiger partial charge in [-0.2, -0.15) is 0 Å². The zero-order chi connectivity index (χ0) is 10.6. The van der Waals surface area contributed by atoms with E-state index in [4.69, 9.17) is 6.42 Å². The van der Waals surface area contributed by atoms with Gasteiger partial charge in [-0.3, -0.25) is 0 Å². The number of rotatable bonds is 3. The van der Waals surface area contributed by atoms with E-state index in [1.807, 2.05) is 6.92 Å². The standard InChI is InChI=1S/C11H11BrFN/c1-3-11(14-4-2)9-7-8(12)5-6-10(9)13/h1,5-7,11,14H,4H2,2H3. The second kappa shape index (κ2) is 5.14. The highest BCUT2D eigenvalue weighted by atomic mass is 79.9. The molecular formula is C11H11BrFN. The Balaban J connectivity index is 3.03. The summed E-state index contributed by atoms with van der Waals surface area (Å²) >= 11 is 3.28. The zero-order valence-corrected chi connectivity index (χ0v) is 9.44. The summed E-state index contributed by atoms with van der Waals surface area (Å²) in [4.78, 5) is 0. The Labute approximate surface area is 91.8 Å². The first kappa shape index (κ1) is 11.2. The van der Waals surface area contributed by atoms with Crippen molar-refractivity contribution in [2.24, 2.45) is 0 Å². The van der Waals surface area contributed by atoms with Crippen LogP contribution in [0.2, 0.25) is 0 Å². The summed E-state index contributed by atoms with van der Waals surface area (Å²) in [6.45, 7) is 2.64. The first-order valence-electron chi connectivity index (χ1n) is 4.33. The molecule has 0 aromatic heterocycles. The SMILES string of the molecule is C#CC(NCC)c1cc(Br)ccc1F. The Hall–Kier alpha value is -0.850. The summed E-state index contributed by atoms with van der Waals surface area (Å²) in [6.07, 6.45) is 5.32. The van der Waals surface area contributed by atoms with Gasteiger partial charge in [-0.15, -0.1) is 6.42 Å². The maximum absolute atomic E-state index is 13.4. The highest BCUT2D eigenvalue weighted by molar-refractivity contribution is 9.10. The van der Waals surface area contributed by atoms with Crippen molar-refractivity contribution in [2.75, 3.05) is 6.54 Å². The van der Waals surface area contributed by atoms with Gasteiger partial charge in [-0.1, -0.05) is 28.8 Å². The van der Waals surface area contributed by atoms with Crippen LogP contribution < -0.4 is 5.32 Å². The second-order valence-corrected chi connectivity index (χ2v) is 3.74. The predicted molar refractivity (Wildman–Crippen MR) is 59.4 cm³/mol. The van der Waals surface area contributed by atoms with Gasteiger partial charge >= 0.3 is 0 Å². The molecule has 1 aromatic rings. The van der Waals surface area contributed by atoms with Crippen molar-refractivity contribution >= 4 is 15.9 Å². The largest absolute Gasteiger partial charge is 0.300 e. The smallest absolute Gasteiger partial charge is 0.129 e. The molecule has 0 aliphatic carbocycles. The van der Waals surface area contributed by atoms with Crippen molar-refractivity contribution in [3.05, 3.63) is 34.1 Å². The average Bonchev–Trinajstić information content (AvgIpc) is 2.18. The number of nitrogens with one attached hydrogen (secondary N) is 1. The number of hydrogen-bond acceptors (Lipinski definition) is 1. The molecule has 0 aliphatic rings. The second-order valence-electron chi connectivity index (χ2n) is 2.82. The molecule has 1 rings (SSSR count). The summed E-state index contributed by atoms with van der Waals surface area (Å²) in [5, 5.41) is 3.02. The van der Waals surface area contributed by atoms with Crippen LogP contribution in [0.4, 0.5) is 4.39 Å². The molecule has 0 aliphatic heterocycles. The van der Waals surface area contributed by atoms with E-state index in [1.165, 1.54) is 6.07 Å². The Morgan fingerprint density at radius 1 is 1.64 bits per heavy atom. The molecule has 1 atom stereocenters. The number of benzene rings is 1. The number of hydrogen-bond donors (Lipinski definition) is 1. The molecule has 1 unspecified atom stereocenters. The third kappa shape index (κ3) is 2.57. The zero-order valence-electron chi connectivity index (χ0n) is 7.85. The molecule has 1 N–H and O–H groups in total. The molecule has 0 saturated carbocycles. The van der Waals surface area contributed by atoms with Crippen molar-refractivity contribution in [2.45, 2.75) is 13.0 Å². The van der Waals surface area contributed by atoms with Crippen molar-refractivity contribution < 1.29 is 4.39 Å². The number of halogens is 2. The summed E-state index contributed by atoms with van der Waals surface area (Å²) in [7, 11) is 0. The van der Waals surface area contributed by atoms with E-state index in [0.29, 0.717) is 12.1 Å². The molecule has 1 aromatic carbocycles. The lowest BCUT2D eigenvalue weighted by molar-refractivity contribution is 0.573. The molecule has 0 fully saturated rings. The first-order valence-corrected chi connectivity index (χ1v) is 5.12. The molecule has 0 bridgehead atoms. The minimum absolute atomic E-state index is 0.280. The van der Waals surface area contributed by atoms with Gasteiger partial charge in [0, 0.05) is 10.0 Å². The van der Waals surface area contributed by atoms with Crippen LogP contribution in [0.15, 0.2) is 22.7 Å². The first-order chi connectivity index (χ1) is 6.69. The fraction of sp³-hybridized carbons (Fsp3) is 0.273. The van der Waals surface area contributed by atoms with Gasteiger partial charge in [0.15, 0.2) is 0 Å². The predicted octanol–water partition coefficient (Wildman–Crippen LogP) is 2.87.